The second-order valence-corrected chi connectivity index (χ2v) is 4.45. The van der Waals surface area contributed by atoms with Gasteiger partial charge in [-0.25, -0.2) is 15.8 Å². The molecule has 0 aliphatic rings. The molecule has 0 saturated heterocycles. The number of rotatable bonds is 7. The summed E-state index contributed by atoms with van der Waals surface area (Å²) in [5.74, 6) is 7.91. The zero-order valence-corrected chi connectivity index (χ0v) is 11.5. The van der Waals surface area contributed by atoms with Crippen LogP contribution in [0.5, 0.6) is 0 Å². The number of aromatic nitrogens is 2. The topological polar surface area (TPSA) is 85.1 Å². The van der Waals surface area contributed by atoms with Crippen LogP contribution in [0.4, 0.5) is 11.6 Å². The molecule has 0 spiro atoms. The first-order valence-corrected chi connectivity index (χ1v) is 6.20. The Labute approximate surface area is 108 Å². The van der Waals surface area contributed by atoms with Gasteiger partial charge in [-0.3, -0.25) is 0 Å². The Morgan fingerprint density at radius 2 is 2.00 bits per heavy atom. The van der Waals surface area contributed by atoms with E-state index in [0.717, 1.165) is 12.2 Å². The summed E-state index contributed by atoms with van der Waals surface area (Å²) in [5.41, 5.74) is 2.54. The van der Waals surface area contributed by atoms with Crippen LogP contribution in [0.2, 0.25) is 0 Å². The molecule has 0 aliphatic carbocycles. The van der Waals surface area contributed by atoms with Gasteiger partial charge in [0.25, 0.3) is 0 Å². The highest BCUT2D eigenvalue weighted by molar-refractivity contribution is 5.47. The fraction of sp³-hybridized carbons (Fsp3) is 0.667. The van der Waals surface area contributed by atoms with Crippen molar-refractivity contribution in [1.82, 2.24) is 9.97 Å². The van der Waals surface area contributed by atoms with Crippen LogP contribution in [-0.4, -0.2) is 23.1 Å². The highest BCUT2D eigenvalue weighted by Gasteiger charge is 2.12. The van der Waals surface area contributed by atoms with E-state index in [0.29, 0.717) is 30.2 Å². The van der Waals surface area contributed by atoms with Gasteiger partial charge in [0, 0.05) is 19.2 Å². The number of hydrogen-bond acceptors (Lipinski definition) is 6. The van der Waals surface area contributed by atoms with Crippen LogP contribution in [0.1, 0.15) is 33.0 Å². The van der Waals surface area contributed by atoms with Gasteiger partial charge < -0.3 is 15.5 Å². The fourth-order valence-corrected chi connectivity index (χ4v) is 1.57. The summed E-state index contributed by atoms with van der Waals surface area (Å²) in [5, 5.41) is 3.36. The summed E-state index contributed by atoms with van der Waals surface area (Å²) in [7, 11) is 1.61. The van der Waals surface area contributed by atoms with E-state index >= 15 is 0 Å². The van der Waals surface area contributed by atoms with E-state index in [-0.39, 0.29) is 0 Å². The van der Waals surface area contributed by atoms with Crippen molar-refractivity contribution in [3.63, 3.8) is 0 Å². The van der Waals surface area contributed by atoms with Gasteiger partial charge in [-0.1, -0.05) is 20.3 Å². The standard InChI is InChI=1S/C12H23N5O/c1-5-8(2)9(3)14-10-6-11(17-13)16-12(15-10)7-18-4/h6,8-9H,5,7,13H2,1-4H3,(H2,14,15,16,17). The SMILES string of the molecule is CCC(C)C(C)Nc1cc(NN)nc(COC)n1. The summed E-state index contributed by atoms with van der Waals surface area (Å²) in [6, 6.07) is 2.13. The third-order valence-corrected chi connectivity index (χ3v) is 3.07. The summed E-state index contributed by atoms with van der Waals surface area (Å²) in [4.78, 5) is 8.59. The number of nitrogens with one attached hydrogen (secondary N) is 2. The zero-order chi connectivity index (χ0) is 13.5. The van der Waals surface area contributed by atoms with Crippen LogP contribution in [0.15, 0.2) is 6.07 Å². The van der Waals surface area contributed by atoms with E-state index in [2.05, 4.69) is 41.5 Å². The summed E-state index contributed by atoms with van der Waals surface area (Å²) >= 11 is 0. The van der Waals surface area contributed by atoms with E-state index < -0.39 is 0 Å². The van der Waals surface area contributed by atoms with E-state index in [9.17, 15) is 0 Å². The van der Waals surface area contributed by atoms with Crippen molar-refractivity contribution >= 4 is 11.6 Å². The molecule has 0 aliphatic heterocycles. The predicted octanol–water partition coefficient (Wildman–Crippen LogP) is 1.76. The third kappa shape index (κ3) is 4.12. The van der Waals surface area contributed by atoms with Crippen molar-refractivity contribution in [2.75, 3.05) is 17.9 Å². The Morgan fingerprint density at radius 1 is 1.33 bits per heavy atom. The Morgan fingerprint density at radius 3 is 2.56 bits per heavy atom. The van der Waals surface area contributed by atoms with Crippen LogP contribution in [0.3, 0.4) is 0 Å². The lowest BCUT2D eigenvalue weighted by Crippen LogP contribution is -2.24. The average molecular weight is 253 g/mol. The van der Waals surface area contributed by atoms with Gasteiger partial charge >= 0.3 is 0 Å². The molecule has 4 N–H and O–H groups in total. The number of nitrogen functional groups attached to an aromatic ring is 1. The van der Waals surface area contributed by atoms with Gasteiger partial charge in [0.05, 0.1) is 0 Å². The van der Waals surface area contributed by atoms with Crippen molar-refractivity contribution in [3.05, 3.63) is 11.9 Å². The highest BCUT2D eigenvalue weighted by atomic mass is 16.5. The minimum absolute atomic E-state index is 0.339. The summed E-state index contributed by atoms with van der Waals surface area (Å²) < 4.78 is 5.03. The minimum Gasteiger partial charge on any atom is -0.377 e. The van der Waals surface area contributed by atoms with Gasteiger partial charge in [0.2, 0.25) is 0 Å². The third-order valence-electron chi connectivity index (χ3n) is 3.07. The largest absolute Gasteiger partial charge is 0.377 e. The van der Waals surface area contributed by atoms with Crippen LogP contribution in [-0.2, 0) is 11.3 Å². The number of hydrazine groups is 1. The molecule has 2 atom stereocenters. The van der Waals surface area contributed by atoms with Crippen molar-refractivity contribution in [3.8, 4) is 0 Å². The Bertz CT molecular complexity index is 371. The fourth-order valence-electron chi connectivity index (χ4n) is 1.57. The van der Waals surface area contributed by atoms with Crippen LogP contribution >= 0.6 is 0 Å². The van der Waals surface area contributed by atoms with Gasteiger partial charge in [0.1, 0.15) is 18.2 Å². The first-order chi connectivity index (χ1) is 8.60. The minimum atomic E-state index is 0.339. The molecule has 2 unspecified atom stereocenters. The molecule has 6 heteroatoms. The summed E-state index contributed by atoms with van der Waals surface area (Å²) in [6.07, 6.45) is 1.12. The molecule has 1 aromatic rings. The monoisotopic (exact) mass is 253 g/mol. The molecule has 18 heavy (non-hydrogen) atoms. The number of anilines is 2. The van der Waals surface area contributed by atoms with E-state index in [4.69, 9.17) is 10.6 Å². The molecule has 1 aromatic heterocycles. The molecular weight excluding hydrogens is 230 g/mol. The van der Waals surface area contributed by atoms with Crippen molar-refractivity contribution in [2.45, 2.75) is 39.8 Å². The number of methoxy groups -OCH3 is 1. The van der Waals surface area contributed by atoms with E-state index in [1.165, 1.54) is 0 Å². The average Bonchev–Trinajstić information content (AvgIpc) is 2.37. The highest BCUT2D eigenvalue weighted by Crippen LogP contribution is 2.16. The molecule has 102 valence electrons. The maximum absolute atomic E-state index is 5.39. The van der Waals surface area contributed by atoms with Gasteiger partial charge in [-0.15, -0.1) is 0 Å². The predicted molar refractivity (Wildman–Crippen MR) is 73.1 cm³/mol. The van der Waals surface area contributed by atoms with Crippen molar-refractivity contribution in [1.29, 1.82) is 0 Å². The number of nitrogens with two attached hydrogens (primary N) is 1. The normalized spacial score (nSPS) is 14.1. The Hall–Kier alpha value is -1.40. The molecule has 1 heterocycles. The van der Waals surface area contributed by atoms with E-state index in [1.54, 1.807) is 13.2 Å². The van der Waals surface area contributed by atoms with Gasteiger partial charge in [0.15, 0.2) is 5.82 Å². The second-order valence-electron chi connectivity index (χ2n) is 4.45. The molecule has 0 fully saturated rings. The Kier molecular flexibility index (Phi) is 5.80. The smallest absolute Gasteiger partial charge is 0.158 e. The first-order valence-electron chi connectivity index (χ1n) is 6.20. The maximum atomic E-state index is 5.39. The number of hydrogen-bond donors (Lipinski definition) is 3. The van der Waals surface area contributed by atoms with Crippen LogP contribution in [0.25, 0.3) is 0 Å². The lowest BCUT2D eigenvalue weighted by molar-refractivity contribution is 0.178. The molecule has 0 radical (unpaired) electrons. The molecule has 6 nitrogen and oxygen atoms in total. The molecule has 0 amide bonds. The maximum Gasteiger partial charge on any atom is 0.158 e. The second kappa shape index (κ2) is 7.13. The van der Waals surface area contributed by atoms with Gasteiger partial charge in [-0.05, 0) is 12.8 Å². The van der Waals surface area contributed by atoms with Gasteiger partial charge in [-0.2, -0.15) is 0 Å². The Balaban J connectivity index is 2.83. The molecule has 0 aromatic carbocycles. The van der Waals surface area contributed by atoms with E-state index in [1.807, 2.05) is 0 Å². The quantitative estimate of drug-likeness (QED) is 0.507. The number of ether oxygens (including phenoxy) is 1. The lowest BCUT2D eigenvalue weighted by atomic mass is 10.0. The molecular formula is C12H23N5O. The van der Waals surface area contributed by atoms with Crippen LogP contribution < -0.4 is 16.6 Å². The van der Waals surface area contributed by atoms with Crippen LogP contribution in [0, 0.1) is 5.92 Å². The summed E-state index contributed by atoms with van der Waals surface area (Å²) in [6.45, 7) is 6.88. The van der Waals surface area contributed by atoms with Crippen molar-refractivity contribution < 1.29 is 4.74 Å². The molecule has 1 rings (SSSR count). The molecule has 0 saturated carbocycles. The first kappa shape index (κ1) is 14.7. The van der Waals surface area contributed by atoms with Crippen molar-refractivity contribution in [2.24, 2.45) is 11.8 Å². The lowest BCUT2D eigenvalue weighted by Gasteiger charge is -2.21. The molecule has 0 bridgehead atoms. The zero-order valence-electron chi connectivity index (χ0n) is 11.5. The number of nitrogens with zero attached hydrogens (tertiary/aromatic N) is 2.